The van der Waals surface area contributed by atoms with Gasteiger partial charge >= 0.3 is 5.97 Å². The number of methoxy groups -OCH3 is 1. The predicted molar refractivity (Wildman–Crippen MR) is 65.3 cm³/mol. The van der Waals surface area contributed by atoms with Gasteiger partial charge in [0.15, 0.2) is 0 Å². The van der Waals surface area contributed by atoms with E-state index in [9.17, 15) is 4.79 Å². The van der Waals surface area contributed by atoms with E-state index in [1.807, 2.05) is 13.8 Å². The molecule has 0 saturated heterocycles. The van der Waals surface area contributed by atoms with Crippen LogP contribution in [-0.4, -0.2) is 25.2 Å². The van der Waals surface area contributed by atoms with Crippen molar-refractivity contribution in [2.75, 3.05) is 13.7 Å². The third-order valence-electron chi connectivity index (χ3n) is 3.65. The normalized spacial score (nSPS) is 20.5. The Kier molecular flexibility index (Phi) is 4.36. The van der Waals surface area contributed by atoms with Gasteiger partial charge < -0.3 is 10.1 Å². The Morgan fingerprint density at radius 1 is 1.31 bits per heavy atom. The van der Waals surface area contributed by atoms with Gasteiger partial charge in [-0.2, -0.15) is 0 Å². The zero-order valence-corrected chi connectivity index (χ0v) is 11.1. The fraction of sp³-hybridized carbons (Fsp3) is 0.923. The molecule has 1 N–H and O–H groups in total. The minimum Gasteiger partial charge on any atom is -0.469 e. The molecule has 1 saturated carbocycles. The highest BCUT2D eigenvalue weighted by Gasteiger charge is 2.33. The van der Waals surface area contributed by atoms with E-state index in [2.05, 4.69) is 12.2 Å². The van der Waals surface area contributed by atoms with E-state index in [4.69, 9.17) is 4.74 Å². The predicted octanol–water partition coefficient (Wildman–Crippen LogP) is 2.50. The number of nitrogens with one attached hydrogen (secondary N) is 1. The van der Waals surface area contributed by atoms with E-state index < -0.39 is 5.41 Å². The molecule has 16 heavy (non-hydrogen) atoms. The first-order valence-electron chi connectivity index (χ1n) is 6.23. The maximum absolute atomic E-state index is 11.5. The summed E-state index contributed by atoms with van der Waals surface area (Å²) in [6, 6.07) is 0. The lowest BCUT2D eigenvalue weighted by atomic mass is 9.82. The summed E-state index contributed by atoms with van der Waals surface area (Å²) in [5.41, 5.74) is -0.223. The van der Waals surface area contributed by atoms with Crippen LogP contribution in [0.2, 0.25) is 0 Å². The quantitative estimate of drug-likeness (QED) is 0.750. The summed E-state index contributed by atoms with van der Waals surface area (Å²) in [6.45, 7) is 6.81. The van der Waals surface area contributed by atoms with Crippen molar-refractivity contribution in [2.45, 2.75) is 58.4 Å². The molecular formula is C13H25NO2. The van der Waals surface area contributed by atoms with E-state index in [-0.39, 0.29) is 11.5 Å². The number of hydrogen-bond acceptors (Lipinski definition) is 3. The maximum Gasteiger partial charge on any atom is 0.312 e. The Bertz CT molecular complexity index is 242. The van der Waals surface area contributed by atoms with Crippen molar-refractivity contribution in [1.29, 1.82) is 0 Å². The average Bonchev–Trinajstić information content (AvgIpc) is 2.27. The van der Waals surface area contributed by atoms with Gasteiger partial charge in [0.2, 0.25) is 0 Å². The highest BCUT2D eigenvalue weighted by atomic mass is 16.5. The highest BCUT2D eigenvalue weighted by Crippen LogP contribution is 2.28. The number of rotatable bonds is 4. The number of carbonyl (C=O) groups excluding carboxylic acids is 1. The molecule has 1 fully saturated rings. The van der Waals surface area contributed by atoms with Gasteiger partial charge in [0.25, 0.3) is 0 Å². The summed E-state index contributed by atoms with van der Waals surface area (Å²) < 4.78 is 4.81. The lowest BCUT2D eigenvalue weighted by Gasteiger charge is -2.37. The summed E-state index contributed by atoms with van der Waals surface area (Å²) in [5.74, 6) is -0.139. The molecule has 0 aromatic carbocycles. The average molecular weight is 227 g/mol. The van der Waals surface area contributed by atoms with Gasteiger partial charge in [0.05, 0.1) is 12.5 Å². The lowest BCUT2D eigenvalue weighted by molar-refractivity contribution is -0.150. The molecule has 0 atom stereocenters. The molecule has 1 aliphatic rings. The van der Waals surface area contributed by atoms with Gasteiger partial charge in [0.1, 0.15) is 0 Å². The van der Waals surface area contributed by atoms with E-state index in [1.54, 1.807) is 0 Å². The minimum atomic E-state index is -0.435. The number of hydrogen-bond donors (Lipinski definition) is 1. The first kappa shape index (κ1) is 13.5. The Morgan fingerprint density at radius 2 is 1.88 bits per heavy atom. The molecule has 3 nitrogen and oxygen atoms in total. The number of esters is 1. The second-order valence-electron chi connectivity index (χ2n) is 5.85. The van der Waals surface area contributed by atoms with Crippen LogP contribution >= 0.6 is 0 Å². The topological polar surface area (TPSA) is 38.3 Å². The summed E-state index contributed by atoms with van der Waals surface area (Å²) in [4.78, 5) is 11.5. The monoisotopic (exact) mass is 227 g/mol. The lowest BCUT2D eigenvalue weighted by Crippen LogP contribution is -2.49. The van der Waals surface area contributed by atoms with Gasteiger partial charge in [-0.05, 0) is 33.6 Å². The molecule has 3 heteroatoms. The molecular weight excluding hydrogens is 202 g/mol. The van der Waals surface area contributed by atoms with Gasteiger partial charge in [-0.25, -0.2) is 0 Å². The largest absolute Gasteiger partial charge is 0.469 e. The van der Waals surface area contributed by atoms with Crippen LogP contribution < -0.4 is 5.32 Å². The van der Waals surface area contributed by atoms with Gasteiger partial charge in [-0.15, -0.1) is 0 Å². The highest BCUT2D eigenvalue weighted by molar-refractivity contribution is 5.76. The van der Waals surface area contributed by atoms with E-state index in [0.29, 0.717) is 6.54 Å². The first-order chi connectivity index (χ1) is 7.40. The van der Waals surface area contributed by atoms with Gasteiger partial charge in [-0.3, -0.25) is 4.79 Å². The Balaban J connectivity index is 2.46. The van der Waals surface area contributed by atoms with E-state index in [1.165, 1.54) is 39.2 Å². The van der Waals surface area contributed by atoms with Crippen LogP contribution in [0.25, 0.3) is 0 Å². The Hall–Kier alpha value is -0.570. The van der Waals surface area contributed by atoms with Crippen LogP contribution in [0.4, 0.5) is 0 Å². The molecule has 1 rings (SSSR count). The zero-order chi connectivity index (χ0) is 12.2. The molecule has 0 aromatic heterocycles. The third-order valence-corrected chi connectivity index (χ3v) is 3.65. The zero-order valence-electron chi connectivity index (χ0n) is 11.1. The summed E-state index contributed by atoms with van der Waals surface area (Å²) in [7, 11) is 1.45. The number of ether oxygens (including phenoxy) is 1. The van der Waals surface area contributed by atoms with Crippen molar-refractivity contribution >= 4 is 5.97 Å². The maximum atomic E-state index is 11.5. The summed E-state index contributed by atoms with van der Waals surface area (Å²) >= 11 is 0. The van der Waals surface area contributed by atoms with Crippen molar-refractivity contribution in [3.8, 4) is 0 Å². The van der Waals surface area contributed by atoms with Crippen LogP contribution in [0.1, 0.15) is 52.9 Å². The van der Waals surface area contributed by atoms with E-state index in [0.717, 1.165) is 0 Å². The number of carbonyl (C=O) groups is 1. The van der Waals surface area contributed by atoms with Crippen LogP contribution in [0, 0.1) is 5.41 Å². The molecule has 1 aliphatic carbocycles. The smallest absolute Gasteiger partial charge is 0.312 e. The van der Waals surface area contributed by atoms with Crippen LogP contribution in [0.3, 0.4) is 0 Å². The fourth-order valence-corrected chi connectivity index (χ4v) is 2.29. The summed E-state index contributed by atoms with van der Waals surface area (Å²) in [6.07, 6.45) is 6.36. The molecule has 94 valence electrons. The van der Waals surface area contributed by atoms with E-state index >= 15 is 0 Å². The van der Waals surface area contributed by atoms with Crippen molar-refractivity contribution in [3.63, 3.8) is 0 Å². The molecule has 0 aliphatic heterocycles. The molecule has 0 amide bonds. The van der Waals surface area contributed by atoms with Crippen molar-refractivity contribution in [2.24, 2.45) is 5.41 Å². The molecule has 0 unspecified atom stereocenters. The molecule has 0 bridgehead atoms. The van der Waals surface area contributed by atoms with Gasteiger partial charge in [-0.1, -0.05) is 19.3 Å². The Labute approximate surface area is 98.9 Å². The molecule has 0 heterocycles. The molecule has 0 aromatic rings. The first-order valence-corrected chi connectivity index (χ1v) is 6.23. The van der Waals surface area contributed by atoms with Crippen LogP contribution in [0.15, 0.2) is 0 Å². The third kappa shape index (κ3) is 3.48. The molecule has 0 spiro atoms. The SMILES string of the molecule is COC(=O)C(C)(C)CNC1(C)CCCCC1. The second-order valence-corrected chi connectivity index (χ2v) is 5.85. The standard InChI is InChI=1S/C13H25NO2/c1-12(2,11(15)16-4)10-14-13(3)8-6-5-7-9-13/h14H,5-10H2,1-4H3. The minimum absolute atomic E-state index is 0.139. The Morgan fingerprint density at radius 3 is 2.38 bits per heavy atom. The van der Waals surface area contributed by atoms with Crippen LogP contribution in [0.5, 0.6) is 0 Å². The van der Waals surface area contributed by atoms with Gasteiger partial charge in [0, 0.05) is 12.1 Å². The van der Waals surface area contributed by atoms with Crippen molar-refractivity contribution < 1.29 is 9.53 Å². The second kappa shape index (κ2) is 5.17. The fourth-order valence-electron chi connectivity index (χ4n) is 2.29. The summed E-state index contributed by atoms with van der Waals surface area (Å²) in [5, 5.41) is 3.55. The van der Waals surface area contributed by atoms with Crippen LogP contribution in [-0.2, 0) is 9.53 Å². The molecule has 0 radical (unpaired) electrons. The van der Waals surface area contributed by atoms with Crippen molar-refractivity contribution in [1.82, 2.24) is 5.32 Å². The van der Waals surface area contributed by atoms with Crippen molar-refractivity contribution in [3.05, 3.63) is 0 Å².